The van der Waals surface area contributed by atoms with Gasteiger partial charge in [0.05, 0.1) is 7.11 Å². The van der Waals surface area contributed by atoms with Gasteiger partial charge in [0.25, 0.3) is 10.2 Å². The van der Waals surface area contributed by atoms with Gasteiger partial charge in [-0.2, -0.15) is 17.4 Å². The van der Waals surface area contributed by atoms with Gasteiger partial charge in [0.15, 0.2) is 11.5 Å². The highest BCUT2D eigenvalue weighted by molar-refractivity contribution is 7.87. The summed E-state index contributed by atoms with van der Waals surface area (Å²) in [4.78, 5) is 13.1. The summed E-state index contributed by atoms with van der Waals surface area (Å²) in [5.74, 6) is 3.16. The van der Waals surface area contributed by atoms with Crippen molar-refractivity contribution in [3.8, 4) is 23.8 Å². The third-order valence-electron chi connectivity index (χ3n) is 5.73. The summed E-state index contributed by atoms with van der Waals surface area (Å²) in [5.41, 5.74) is 1.04. The maximum atomic E-state index is 13.1. The van der Waals surface area contributed by atoms with Gasteiger partial charge in [0.2, 0.25) is 5.91 Å². The number of carbonyl (C=O) groups is 1. The van der Waals surface area contributed by atoms with Gasteiger partial charge in [-0.3, -0.25) is 4.79 Å². The monoisotopic (exact) mass is 465 g/mol. The largest absolute Gasteiger partial charge is 0.493 e. The van der Waals surface area contributed by atoms with Crippen LogP contribution in [0.3, 0.4) is 0 Å². The highest BCUT2D eigenvalue weighted by Gasteiger charge is 2.33. The molecule has 178 valence electrons. The maximum absolute atomic E-state index is 13.1. The van der Waals surface area contributed by atoms with Crippen molar-refractivity contribution in [3.63, 3.8) is 0 Å². The van der Waals surface area contributed by atoms with Crippen molar-refractivity contribution in [1.29, 1.82) is 0 Å². The second kappa shape index (κ2) is 11.5. The molecule has 2 rings (SSSR count). The van der Waals surface area contributed by atoms with Crippen LogP contribution in [-0.2, 0) is 15.0 Å². The summed E-state index contributed by atoms with van der Waals surface area (Å²) in [5, 5.41) is 3.11. The molecule has 0 bridgehead atoms. The Morgan fingerprint density at radius 1 is 1.25 bits per heavy atom. The van der Waals surface area contributed by atoms with Crippen LogP contribution in [0.4, 0.5) is 0 Å². The molecule has 1 amide bonds. The minimum Gasteiger partial charge on any atom is -0.493 e. The van der Waals surface area contributed by atoms with E-state index in [-0.39, 0.29) is 30.4 Å². The molecule has 0 radical (unpaired) electrons. The van der Waals surface area contributed by atoms with E-state index in [1.54, 1.807) is 7.11 Å². The first-order valence-electron chi connectivity index (χ1n) is 10.8. The lowest BCUT2D eigenvalue weighted by molar-refractivity contribution is -0.124. The molecule has 0 aromatic heterocycles. The Kier molecular flexibility index (Phi) is 9.37. The quantitative estimate of drug-likeness (QED) is 0.517. The topological polar surface area (TPSA) is 97.0 Å². The molecule has 1 saturated carbocycles. The smallest absolute Gasteiger partial charge is 0.279 e. The summed E-state index contributed by atoms with van der Waals surface area (Å²) in [6.45, 7) is 3.79. The molecule has 1 aromatic carbocycles. The zero-order valence-electron chi connectivity index (χ0n) is 19.6. The van der Waals surface area contributed by atoms with Gasteiger partial charge in [0.1, 0.15) is 12.6 Å². The molecule has 8 nitrogen and oxygen atoms in total. The molecular weight excluding hydrogens is 430 g/mol. The fourth-order valence-electron chi connectivity index (χ4n) is 3.89. The molecule has 1 aliphatic rings. The minimum atomic E-state index is -3.74. The number of ether oxygens (including phenoxy) is 2. The molecule has 2 N–H and O–H groups in total. The van der Waals surface area contributed by atoms with Gasteiger partial charge < -0.3 is 14.8 Å². The average molecular weight is 466 g/mol. The van der Waals surface area contributed by atoms with Crippen LogP contribution >= 0.6 is 0 Å². The first-order chi connectivity index (χ1) is 15.1. The van der Waals surface area contributed by atoms with Gasteiger partial charge in [-0.25, -0.2) is 0 Å². The van der Waals surface area contributed by atoms with Crippen molar-refractivity contribution in [2.45, 2.75) is 57.5 Å². The van der Waals surface area contributed by atoms with Crippen molar-refractivity contribution >= 4 is 16.1 Å². The summed E-state index contributed by atoms with van der Waals surface area (Å²) < 4.78 is 39.2. The van der Waals surface area contributed by atoms with Gasteiger partial charge >= 0.3 is 0 Å². The number of benzene rings is 1. The second-order valence-electron chi connectivity index (χ2n) is 8.54. The molecule has 1 fully saturated rings. The van der Waals surface area contributed by atoms with Gasteiger partial charge in [-0.05, 0) is 36.5 Å². The summed E-state index contributed by atoms with van der Waals surface area (Å²) in [7, 11) is 0.697. The van der Waals surface area contributed by atoms with Crippen molar-refractivity contribution < 1.29 is 22.7 Å². The molecule has 0 heterocycles. The van der Waals surface area contributed by atoms with Crippen LogP contribution in [0.1, 0.15) is 51.0 Å². The lowest BCUT2D eigenvalue weighted by atomic mass is 9.79. The minimum absolute atomic E-state index is 0.0848. The van der Waals surface area contributed by atoms with E-state index >= 15 is 0 Å². The van der Waals surface area contributed by atoms with Crippen molar-refractivity contribution in [2.24, 2.45) is 5.92 Å². The van der Waals surface area contributed by atoms with E-state index in [1.807, 2.05) is 32.0 Å². The Morgan fingerprint density at radius 3 is 2.53 bits per heavy atom. The van der Waals surface area contributed by atoms with Crippen LogP contribution in [-0.4, -0.2) is 58.5 Å². The van der Waals surface area contributed by atoms with E-state index in [4.69, 9.17) is 15.9 Å². The summed E-state index contributed by atoms with van der Waals surface area (Å²) in [6, 6.07) is 4.76. The number of carbonyl (C=O) groups excluding carboxylic acids is 1. The fourth-order valence-corrected chi connectivity index (χ4v) is 4.80. The normalized spacial score (nSPS) is 19.9. The number of amides is 1. The summed E-state index contributed by atoms with van der Waals surface area (Å²) in [6.07, 6.45) is 9.06. The lowest BCUT2D eigenvalue weighted by Gasteiger charge is -2.34. The molecule has 0 unspecified atom stereocenters. The standard InChI is InChI=1S/C23H35N3O5S/c1-7-14-31-20-13-12-17(15-21(20)30-6)18-10-8-9-11-19(18)24-23(27)22(16(2)3)25-32(28,29)26(4)5/h1,12-13,15-16,18-19,22,25H,8-11,14H2,2-6H3,(H,24,27)/t18-,19+,22+/m1/s1. The number of nitrogens with zero attached hydrogens (tertiary/aromatic N) is 1. The van der Waals surface area contributed by atoms with E-state index in [1.165, 1.54) is 14.1 Å². The van der Waals surface area contributed by atoms with E-state index in [0.717, 1.165) is 35.6 Å². The number of methoxy groups -OCH3 is 1. The Balaban J connectivity index is 2.22. The third kappa shape index (κ3) is 6.61. The third-order valence-corrected chi connectivity index (χ3v) is 7.24. The first kappa shape index (κ1) is 26.0. The molecule has 0 aliphatic heterocycles. The number of hydrogen-bond acceptors (Lipinski definition) is 5. The molecule has 0 spiro atoms. The predicted molar refractivity (Wildman–Crippen MR) is 125 cm³/mol. The molecular formula is C23H35N3O5S. The van der Waals surface area contributed by atoms with Crippen LogP contribution in [0.15, 0.2) is 18.2 Å². The highest BCUT2D eigenvalue weighted by atomic mass is 32.2. The Hall–Kier alpha value is -2.28. The zero-order chi connectivity index (χ0) is 23.9. The second-order valence-corrected chi connectivity index (χ2v) is 10.5. The van der Waals surface area contributed by atoms with E-state index < -0.39 is 16.3 Å². The predicted octanol–water partition coefficient (Wildman–Crippen LogP) is 2.27. The molecule has 32 heavy (non-hydrogen) atoms. The average Bonchev–Trinajstić information content (AvgIpc) is 2.76. The van der Waals surface area contributed by atoms with Crippen LogP contribution < -0.4 is 19.5 Å². The SMILES string of the molecule is C#CCOc1ccc([C@H]2CCCC[C@@H]2NC(=O)[C@@H](NS(=O)(=O)N(C)C)C(C)C)cc1OC. The van der Waals surface area contributed by atoms with Gasteiger partial charge in [0, 0.05) is 26.1 Å². The van der Waals surface area contributed by atoms with E-state index in [9.17, 15) is 13.2 Å². The van der Waals surface area contributed by atoms with Crippen LogP contribution in [0.25, 0.3) is 0 Å². The molecule has 1 aliphatic carbocycles. The number of hydrogen-bond donors (Lipinski definition) is 2. The first-order valence-corrected chi connectivity index (χ1v) is 12.3. The number of nitrogens with one attached hydrogen (secondary N) is 2. The molecule has 1 aromatic rings. The van der Waals surface area contributed by atoms with Crippen LogP contribution in [0, 0.1) is 18.3 Å². The van der Waals surface area contributed by atoms with Crippen molar-refractivity contribution in [3.05, 3.63) is 23.8 Å². The maximum Gasteiger partial charge on any atom is 0.279 e. The summed E-state index contributed by atoms with van der Waals surface area (Å²) >= 11 is 0. The van der Waals surface area contributed by atoms with Crippen LogP contribution in [0.5, 0.6) is 11.5 Å². The highest BCUT2D eigenvalue weighted by Crippen LogP contribution is 2.37. The van der Waals surface area contributed by atoms with Crippen molar-refractivity contribution in [1.82, 2.24) is 14.3 Å². The molecule has 9 heteroatoms. The number of terminal acetylenes is 1. The number of rotatable bonds is 10. The lowest BCUT2D eigenvalue weighted by Crippen LogP contribution is -2.55. The molecule has 0 saturated heterocycles. The van der Waals surface area contributed by atoms with Gasteiger partial charge in [-0.15, -0.1) is 6.42 Å². The van der Waals surface area contributed by atoms with E-state index in [2.05, 4.69) is 16.0 Å². The van der Waals surface area contributed by atoms with Gasteiger partial charge in [-0.1, -0.05) is 38.7 Å². The zero-order valence-corrected chi connectivity index (χ0v) is 20.4. The Bertz CT molecular complexity index is 924. The Labute approximate surface area is 192 Å². The molecule has 3 atom stereocenters. The van der Waals surface area contributed by atoms with Crippen molar-refractivity contribution in [2.75, 3.05) is 27.8 Å². The fraction of sp³-hybridized carbons (Fsp3) is 0.609. The van der Waals surface area contributed by atoms with Crippen LogP contribution in [0.2, 0.25) is 0 Å². The van der Waals surface area contributed by atoms with E-state index in [0.29, 0.717) is 11.5 Å². The Morgan fingerprint density at radius 2 is 1.94 bits per heavy atom.